The van der Waals surface area contributed by atoms with Crippen molar-refractivity contribution in [3.63, 3.8) is 0 Å². The summed E-state index contributed by atoms with van der Waals surface area (Å²) in [7, 11) is 0. The zero-order valence-electron chi connectivity index (χ0n) is 50.0. The number of carbonyl (C=O) groups excluding carboxylic acids is 1. The van der Waals surface area contributed by atoms with Crippen molar-refractivity contribution in [2.45, 2.75) is 317 Å². The Kier molecular flexibility index (Phi) is 41.5. The van der Waals surface area contributed by atoms with Crippen molar-refractivity contribution in [1.82, 2.24) is 5.32 Å². The number of unbranched alkanes of at least 4 members (excludes halogenated alkanes) is 25. The highest BCUT2D eigenvalue weighted by Gasteiger charge is 2.53. The lowest BCUT2D eigenvalue weighted by atomic mass is 9.96. The summed E-state index contributed by atoms with van der Waals surface area (Å²) in [6.07, 6.45) is 25.5. The average Bonchev–Trinajstić information content (AvgIpc) is 3.65. The van der Waals surface area contributed by atoms with Crippen LogP contribution in [-0.4, -0.2) is 193 Å². The second-order valence-corrected chi connectivity index (χ2v) is 22.9. The van der Waals surface area contributed by atoms with Crippen molar-refractivity contribution in [3.8, 4) is 0 Å². The molecule has 0 aromatic heterocycles. The number of allylic oxidation sites excluding steroid dienone is 7. The highest BCUT2D eigenvalue weighted by Crippen LogP contribution is 2.33. The van der Waals surface area contributed by atoms with Gasteiger partial charge in [-0.25, -0.2) is 0 Å². The minimum Gasteiger partial charge on any atom is -0.394 e. The van der Waals surface area contributed by atoms with Gasteiger partial charge in [-0.2, -0.15) is 0 Å². The van der Waals surface area contributed by atoms with E-state index >= 15 is 0 Å². The lowest BCUT2D eigenvalue weighted by molar-refractivity contribution is -0.379. The number of amides is 1. The lowest BCUT2D eigenvalue weighted by Gasteiger charge is -2.48. The molecule has 17 atom stereocenters. The molecule has 82 heavy (non-hydrogen) atoms. The maximum absolute atomic E-state index is 13.3. The summed E-state index contributed by atoms with van der Waals surface area (Å²) >= 11 is 0. The number of nitrogens with one attached hydrogen (secondary N) is 1. The molecule has 0 saturated carbocycles. The number of hydrogen-bond acceptors (Lipinski definition) is 18. The largest absolute Gasteiger partial charge is 0.394 e. The second-order valence-electron chi connectivity index (χ2n) is 22.9. The van der Waals surface area contributed by atoms with Crippen LogP contribution in [0.25, 0.3) is 0 Å². The Morgan fingerprint density at radius 1 is 0.439 bits per heavy atom. The normalized spacial score (nSPS) is 29.9. The molecule has 1 amide bonds. The fourth-order valence-electron chi connectivity index (χ4n) is 10.6. The van der Waals surface area contributed by atoms with E-state index in [4.69, 9.17) is 28.4 Å². The Morgan fingerprint density at radius 2 is 0.817 bits per heavy atom. The Bertz CT molecular complexity index is 1680. The van der Waals surface area contributed by atoms with Crippen LogP contribution in [0.3, 0.4) is 0 Å². The maximum Gasteiger partial charge on any atom is 0.220 e. The molecule has 3 aliphatic rings. The summed E-state index contributed by atoms with van der Waals surface area (Å²) in [4.78, 5) is 13.3. The maximum atomic E-state index is 13.3. The van der Waals surface area contributed by atoms with E-state index < -0.39 is 124 Å². The first-order valence-corrected chi connectivity index (χ1v) is 31.9. The van der Waals surface area contributed by atoms with Crippen molar-refractivity contribution < 1.29 is 89.4 Å². The number of hydrogen-bond donors (Lipinski definition) is 12. The van der Waals surface area contributed by atoms with Gasteiger partial charge in [-0.05, 0) is 64.2 Å². The third kappa shape index (κ3) is 29.0. The third-order valence-corrected chi connectivity index (χ3v) is 15.8. The molecule has 0 bridgehead atoms. The van der Waals surface area contributed by atoms with Crippen LogP contribution in [0.15, 0.2) is 48.6 Å². The van der Waals surface area contributed by atoms with Gasteiger partial charge in [0.2, 0.25) is 5.91 Å². The smallest absolute Gasteiger partial charge is 0.220 e. The first-order valence-electron chi connectivity index (χ1n) is 31.9. The first-order chi connectivity index (χ1) is 39.8. The van der Waals surface area contributed by atoms with E-state index in [-0.39, 0.29) is 18.9 Å². The van der Waals surface area contributed by atoms with Crippen LogP contribution >= 0.6 is 0 Å². The van der Waals surface area contributed by atoms with Gasteiger partial charge in [0.05, 0.1) is 38.6 Å². The third-order valence-electron chi connectivity index (χ3n) is 15.8. The van der Waals surface area contributed by atoms with E-state index in [1.165, 1.54) is 135 Å². The van der Waals surface area contributed by atoms with E-state index in [2.05, 4.69) is 55.6 Å². The second kappa shape index (κ2) is 46.0. The summed E-state index contributed by atoms with van der Waals surface area (Å²) in [6, 6.07) is -0.988. The molecule has 0 spiro atoms. The van der Waals surface area contributed by atoms with E-state index in [0.717, 1.165) is 44.9 Å². The Balaban J connectivity index is 1.40. The lowest BCUT2D eigenvalue weighted by Crippen LogP contribution is -2.66. The zero-order chi connectivity index (χ0) is 59.7. The minimum absolute atomic E-state index is 0.235. The summed E-state index contributed by atoms with van der Waals surface area (Å²) in [5.41, 5.74) is 0. The predicted molar refractivity (Wildman–Crippen MR) is 314 cm³/mol. The molecule has 0 aliphatic carbocycles. The number of carbonyl (C=O) groups is 1. The van der Waals surface area contributed by atoms with E-state index in [1.807, 2.05) is 6.08 Å². The molecule has 19 heteroatoms. The summed E-state index contributed by atoms with van der Waals surface area (Å²) in [5, 5.41) is 120. The molecular formula is C63H113NO18. The highest BCUT2D eigenvalue weighted by molar-refractivity contribution is 5.76. The summed E-state index contributed by atoms with van der Waals surface area (Å²) < 4.78 is 34.2. The van der Waals surface area contributed by atoms with Crippen LogP contribution in [0.1, 0.15) is 213 Å². The Hall–Kier alpha value is -2.25. The van der Waals surface area contributed by atoms with E-state index in [0.29, 0.717) is 12.8 Å². The number of aliphatic hydroxyl groups excluding tert-OH is 11. The van der Waals surface area contributed by atoms with Crippen molar-refractivity contribution in [2.75, 3.05) is 26.4 Å². The molecule has 0 radical (unpaired) electrons. The fourth-order valence-corrected chi connectivity index (χ4v) is 10.6. The van der Waals surface area contributed by atoms with Crippen LogP contribution in [0.2, 0.25) is 0 Å². The standard InChI is InChI=1S/C63H113NO18/c1-3-5-7-9-11-13-15-16-17-18-19-20-21-22-23-24-25-26-27-28-29-30-31-33-35-37-39-41-51(69)64-46(47(68)40-38-36-34-32-14-12-10-8-6-4-2)45-77-61-57(75)54(72)59(49(43-66)79-61)82-63-58(76)55(73)60(50(44-67)80-63)81-62-56(74)53(71)52(70)48(42-65)78-62/h14-16,18-19,32,38,40,46-50,52-63,65-68,70-76H,3-13,17,20-31,33-37,39,41-45H2,1-2H3,(H,64,69)/b16-15-,19-18-,32-14+,40-38+. The van der Waals surface area contributed by atoms with Crippen LogP contribution in [-0.2, 0) is 33.2 Å². The van der Waals surface area contributed by atoms with Crippen molar-refractivity contribution in [1.29, 1.82) is 0 Å². The van der Waals surface area contributed by atoms with Gasteiger partial charge < -0.3 is 89.9 Å². The quantitative estimate of drug-likeness (QED) is 0.0224. The summed E-state index contributed by atoms with van der Waals surface area (Å²) in [6.45, 7) is 1.65. The zero-order valence-corrected chi connectivity index (χ0v) is 50.0. The molecule has 3 fully saturated rings. The van der Waals surface area contributed by atoms with Crippen molar-refractivity contribution in [2.24, 2.45) is 0 Å². The molecular weight excluding hydrogens is 1060 g/mol. The molecule has 3 rings (SSSR count). The topological polar surface area (TPSA) is 307 Å². The molecule has 19 nitrogen and oxygen atoms in total. The molecule has 3 saturated heterocycles. The monoisotopic (exact) mass is 1170 g/mol. The van der Waals surface area contributed by atoms with Gasteiger partial charge in [0, 0.05) is 6.42 Å². The molecule has 3 heterocycles. The van der Waals surface area contributed by atoms with E-state index in [9.17, 15) is 61.0 Å². The number of ether oxygens (including phenoxy) is 6. The van der Waals surface area contributed by atoms with Gasteiger partial charge in [0.1, 0.15) is 73.2 Å². The summed E-state index contributed by atoms with van der Waals surface area (Å²) in [5.74, 6) is -0.288. The van der Waals surface area contributed by atoms with Crippen molar-refractivity contribution >= 4 is 5.91 Å². The van der Waals surface area contributed by atoms with Crippen LogP contribution in [0.4, 0.5) is 0 Å². The Morgan fingerprint density at radius 3 is 1.30 bits per heavy atom. The average molecular weight is 1170 g/mol. The van der Waals surface area contributed by atoms with E-state index in [1.54, 1.807) is 6.08 Å². The fraction of sp³-hybridized carbons (Fsp3) is 0.857. The molecule has 3 aliphatic heterocycles. The van der Waals surface area contributed by atoms with Crippen LogP contribution in [0, 0.1) is 0 Å². The number of rotatable bonds is 47. The molecule has 12 N–H and O–H groups in total. The van der Waals surface area contributed by atoms with Gasteiger partial charge >= 0.3 is 0 Å². The molecule has 478 valence electrons. The van der Waals surface area contributed by atoms with Gasteiger partial charge in [-0.15, -0.1) is 0 Å². The van der Waals surface area contributed by atoms with Crippen LogP contribution in [0.5, 0.6) is 0 Å². The highest BCUT2D eigenvalue weighted by atomic mass is 16.8. The van der Waals surface area contributed by atoms with Gasteiger partial charge in [-0.3, -0.25) is 4.79 Å². The molecule has 0 aromatic rings. The Labute approximate surface area is 491 Å². The predicted octanol–water partition coefficient (Wildman–Crippen LogP) is 6.65. The number of aliphatic hydroxyl groups is 11. The van der Waals surface area contributed by atoms with Crippen LogP contribution < -0.4 is 5.32 Å². The SMILES string of the molecule is CCCCCC/C=C/CC/C=C/C(O)C(COC1OC(CO)C(OC2OC(CO)C(OC3OC(CO)C(O)C(O)C3O)C(O)C2O)C(O)C1O)NC(=O)CCCCCCCCCCCCCCCCC/C=C\C/C=C\CCCCCCC. The van der Waals surface area contributed by atoms with Crippen molar-refractivity contribution in [3.05, 3.63) is 48.6 Å². The first kappa shape index (κ1) is 74.0. The van der Waals surface area contributed by atoms with Gasteiger partial charge in [0.25, 0.3) is 0 Å². The van der Waals surface area contributed by atoms with Gasteiger partial charge in [0.15, 0.2) is 18.9 Å². The molecule has 0 aromatic carbocycles. The molecule has 17 unspecified atom stereocenters. The van der Waals surface area contributed by atoms with Gasteiger partial charge in [-0.1, -0.05) is 191 Å². The minimum atomic E-state index is -1.98.